The van der Waals surface area contributed by atoms with E-state index in [9.17, 15) is 0 Å². The van der Waals surface area contributed by atoms with Crippen LogP contribution in [-0.4, -0.2) is 81.2 Å². The van der Waals surface area contributed by atoms with Crippen LogP contribution >= 0.6 is 0 Å². The van der Waals surface area contributed by atoms with Crippen molar-refractivity contribution < 1.29 is 13.3 Å². The molecular weight excluding hydrogens is 296 g/mol. The van der Waals surface area contributed by atoms with Crippen LogP contribution in [0.25, 0.3) is 0 Å². The first-order chi connectivity index (χ1) is 10.2. The zero-order valence-corrected chi connectivity index (χ0v) is 17.1. The van der Waals surface area contributed by atoms with Gasteiger partial charge in [-0.05, 0) is 72.4 Å². The summed E-state index contributed by atoms with van der Waals surface area (Å²) in [6.45, 7) is 4.59. The summed E-state index contributed by atoms with van der Waals surface area (Å²) < 4.78 is 17.0. The summed E-state index contributed by atoms with van der Waals surface area (Å²) in [6, 6.07) is 0.879. The van der Waals surface area contributed by atoms with Gasteiger partial charge in [-0.3, -0.25) is 0 Å². The molecule has 0 N–H and O–H groups in total. The summed E-state index contributed by atoms with van der Waals surface area (Å²) in [5, 5.41) is 0. The highest BCUT2D eigenvalue weighted by Gasteiger charge is 2.44. The van der Waals surface area contributed by atoms with Crippen LogP contribution in [-0.2, 0) is 13.3 Å². The third-order valence-corrected chi connectivity index (χ3v) is 7.50. The smallest absolute Gasteiger partial charge is 0.377 e. The summed E-state index contributed by atoms with van der Waals surface area (Å²) in [5.41, 5.74) is 0.195. The Kier molecular flexibility index (Phi) is 10.7. The second kappa shape index (κ2) is 10.7. The van der Waals surface area contributed by atoms with Crippen LogP contribution in [0.4, 0.5) is 0 Å². The Morgan fingerprint density at radius 2 is 1.14 bits per heavy atom. The first-order valence-corrected chi connectivity index (χ1v) is 10.1. The predicted molar refractivity (Wildman–Crippen MR) is 95.3 cm³/mol. The molecule has 0 fully saturated rings. The summed E-state index contributed by atoms with van der Waals surface area (Å²) in [4.78, 5) is 4.49. The molecule has 0 aromatic rings. The fourth-order valence-corrected chi connectivity index (χ4v) is 5.27. The highest BCUT2D eigenvalue weighted by Crippen LogP contribution is 2.38. The van der Waals surface area contributed by atoms with Crippen LogP contribution in [0.1, 0.15) is 32.6 Å². The normalized spacial score (nSPS) is 13.4. The zero-order valence-electron chi connectivity index (χ0n) is 16.1. The van der Waals surface area contributed by atoms with Gasteiger partial charge in [0, 0.05) is 27.4 Å². The number of hydrogen-bond acceptors (Lipinski definition) is 5. The molecule has 0 atom stereocenters. The minimum Gasteiger partial charge on any atom is -0.377 e. The second-order valence-corrected chi connectivity index (χ2v) is 10.0. The van der Waals surface area contributed by atoms with Crippen molar-refractivity contribution in [1.29, 1.82) is 0 Å². The molecule has 0 rings (SSSR count). The molecule has 5 nitrogen and oxygen atoms in total. The molecule has 22 heavy (non-hydrogen) atoms. The van der Waals surface area contributed by atoms with E-state index >= 15 is 0 Å². The maximum Gasteiger partial charge on any atom is 0.500 e. The SMILES string of the molecule is CO[Si](CC(C)(CCCN(C)C)CCCN(C)C)(OC)OC. The Morgan fingerprint density at radius 1 is 0.773 bits per heavy atom. The maximum absolute atomic E-state index is 5.66. The van der Waals surface area contributed by atoms with Crippen molar-refractivity contribution in [3.63, 3.8) is 0 Å². The molecule has 0 aliphatic rings. The highest BCUT2D eigenvalue weighted by molar-refractivity contribution is 6.60. The average Bonchev–Trinajstić information content (AvgIpc) is 2.44. The molecule has 0 saturated carbocycles. The van der Waals surface area contributed by atoms with Crippen molar-refractivity contribution in [3.8, 4) is 0 Å². The largest absolute Gasteiger partial charge is 0.500 e. The molecule has 0 radical (unpaired) electrons. The minimum absolute atomic E-state index is 0.195. The van der Waals surface area contributed by atoms with E-state index in [1.54, 1.807) is 21.3 Å². The first kappa shape index (κ1) is 22.0. The Morgan fingerprint density at radius 3 is 1.41 bits per heavy atom. The molecule has 0 aromatic carbocycles. The predicted octanol–water partition coefficient (Wildman–Crippen LogP) is 2.55. The van der Waals surface area contributed by atoms with Crippen molar-refractivity contribution in [1.82, 2.24) is 9.80 Å². The third-order valence-electron chi connectivity index (χ3n) is 4.35. The van der Waals surface area contributed by atoms with Gasteiger partial charge in [-0.2, -0.15) is 0 Å². The zero-order chi connectivity index (χ0) is 17.2. The molecule has 134 valence electrons. The molecule has 0 heterocycles. The molecule has 0 spiro atoms. The molecule has 0 saturated heterocycles. The molecule has 0 unspecified atom stereocenters. The van der Waals surface area contributed by atoms with Gasteiger partial charge in [0.1, 0.15) is 0 Å². The van der Waals surface area contributed by atoms with Crippen LogP contribution in [0, 0.1) is 5.41 Å². The molecule has 0 aliphatic carbocycles. The summed E-state index contributed by atoms with van der Waals surface area (Å²) >= 11 is 0. The summed E-state index contributed by atoms with van der Waals surface area (Å²) in [6.07, 6.45) is 4.72. The fraction of sp³-hybridized carbons (Fsp3) is 1.00. The van der Waals surface area contributed by atoms with Gasteiger partial charge in [0.05, 0.1) is 0 Å². The van der Waals surface area contributed by atoms with E-state index in [0.717, 1.165) is 19.1 Å². The van der Waals surface area contributed by atoms with Crippen molar-refractivity contribution in [2.75, 3.05) is 62.6 Å². The lowest BCUT2D eigenvalue weighted by Gasteiger charge is -2.36. The van der Waals surface area contributed by atoms with Gasteiger partial charge in [-0.1, -0.05) is 6.92 Å². The Balaban J connectivity index is 4.80. The van der Waals surface area contributed by atoms with Gasteiger partial charge in [0.2, 0.25) is 0 Å². The fourth-order valence-electron chi connectivity index (χ4n) is 2.94. The van der Waals surface area contributed by atoms with Crippen molar-refractivity contribution in [3.05, 3.63) is 0 Å². The number of rotatable bonds is 13. The summed E-state index contributed by atoms with van der Waals surface area (Å²) in [7, 11) is 11.1. The lowest BCUT2D eigenvalue weighted by molar-refractivity contribution is 0.102. The molecule has 0 aliphatic heterocycles. The average molecular weight is 335 g/mol. The lowest BCUT2D eigenvalue weighted by atomic mass is 9.82. The second-order valence-electron chi connectivity index (χ2n) is 7.10. The molecule has 0 amide bonds. The van der Waals surface area contributed by atoms with E-state index in [-0.39, 0.29) is 5.41 Å². The Labute approximate surface area is 139 Å². The monoisotopic (exact) mass is 334 g/mol. The van der Waals surface area contributed by atoms with Crippen LogP contribution in [0.3, 0.4) is 0 Å². The molecular formula is C16H38N2O3Si. The Hall–Kier alpha value is 0.0169. The van der Waals surface area contributed by atoms with Gasteiger partial charge in [-0.25, -0.2) is 0 Å². The first-order valence-electron chi connectivity index (χ1n) is 8.17. The molecule has 0 aromatic heterocycles. The number of nitrogens with zero attached hydrogens (tertiary/aromatic N) is 2. The van der Waals surface area contributed by atoms with Crippen LogP contribution in [0.2, 0.25) is 6.04 Å². The van der Waals surface area contributed by atoms with Gasteiger partial charge in [0.25, 0.3) is 0 Å². The minimum atomic E-state index is -2.53. The van der Waals surface area contributed by atoms with Crippen LogP contribution in [0.15, 0.2) is 0 Å². The van der Waals surface area contributed by atoms with Crippen LogP contribution in [0.5, 0.6) is 0 Å². The Bertz CT molecular complexity index is 262. The van der Waals surface area contributed by atoms with E-state index in [1.165, 1.54) is 25.7 Å². The highest BCUT2D eigenvalue weighted by atomic mass is 28.4. The quantitative estimate of drug-likeness (QED) is 0.484. The number of hydrogen-bond donors (Lipinski definition) is 0. The summed E-state index contributed by atoms with van der Waals surface area (Å²) in [5.74, 6) is 0. The van der Waals surface area contributed by atoms with E-state index in [0.29, 0.717) is 0 Å². The topological polar surface area (TPSA) is 34.2 Å². The van der Waals surface area contributed by atoms with Gasteiger partial charge in [0.15, 0.2) is 0 Å². The van der Waals surface area contributed by atoms with Crippen molar-refractivity contribution in [2.24, 2.45) is 5.41 Å². The standard InChI is InChI=1S/C16H38N2O3Si/c1-16(11-9-13-17(2)3,12-10-14-18(4)5)15-22(19-6,20-7)21-8/h9-15H2,1-8H3. The lowest BCUT2D eigenvalue weighted by Crippen LogP contribution is -2.47. The third kappa shape index (κ3) is 8.60. The van der Waals surface area contributed by atoms with E-state index in [2.05, 4.69) is 44.9 Å². The van der Waals surface area contributed by atoms with Gasteiger partial charge < -0.3 is 23.1 Å². The van der Waals surface area contributed by atoms with Gasteiger partial charge in [-0.15, -0.1) is 0 Å². The van der Waals surface area contributed by atoms with E-state index < -0.39 is 8.80 Å². The molecule has 6 heteroatoms. The van der Waals surface area contributed by atoms with Crippen molar-refractivity contribution >= 4 is 8.80 Å². The van der Waals surface area contributed by atoms with E-state index in [1.807, 2.05) is 0 Å². The molecule has 0 bridgehead atoms. The maximum atomic E-state index is 5.66. The van der Waals surface area contributed by atoms with Crippen LogP contribution < -0.4 is 0 Å². The van der Waals surface area contributed by atoms with Gasteiger partial charge >= 0.3 is 8.80 Å². The van der Waals surface area contributed by atoms with E-state index in [4.69, 9.17) is 13.3 Å². The van der Waals surface area contributed by atoms with Crippen molar-refractivity contribution in [2.45, 2.75) is 38.7 Å².